The molecule has 3 rings (SSSR count). The summed E-state index contributed by atoms with van der Waals surface area (Å²) >= 11 is 1.28. The van der Waals surface area contributed by atoms with Crippen LogP contribution in [-0.2, 0) is 9.59 Å². The van der Waals surface area contributed by atoms with E-state index in [1.54, 1.807) is 31.3 Å². The van der Waals surface area contributed by atoms with Gasteiger partial charge in [-0.1, -0.05) is 24.8 Å². The fourth-order valence-corrected chi connectivity index (χ4v) is 4.08. The molecule has 1 heterocycles. The molecule has 0 aliphatic carbocycles. The van der Waals surface area contributed by atoms with Gasteiger partial charge >= 0.3 is 0 Å². The summed E-state index contributed by atoms with van der Waals surface area (Å²) in [7, 11) is 1.67. The van der Waals surface area contributed by atoms with Gasteiger partial charge in [-0.25, -0.2) is 4.90 Å². The second-order valence-corrected chi connectivity index (χ2v) is 8.36. The second-order valence-electron chi connectivity index (χ2n) is 7.17. The molecule has 0 spiro atoms. The van der Waals surface area contributed by atoms with E-state index >= 15 is 0 Å². The number of aliphatic imine (C=N–C) groups is 1. The number of hydrogen-bond acceptors (Lipinski definition) is 5. The predicted octanol–water partition coefficient (Wildman–Crippen LogP) is 4.56. The molecule has 1 aliphatic rings. The van der Waals surface area contributed by atoms with Gasteiger partial charge in [0.25, 0.3) is 0 Å². The van der Waals surface area contributed by atoms with Gasteiger partial charge in [-0.15, -0.1) is 0 Å². The van der Waals surface area contributed by atoms with E-state index in [-0.39, 0.29) is 18.2 Å². The average molecular weight is 426 g/mol. The molecular formula is C23H27N3O3S. The number of carbonyl (C=O) groups is 2. The van der Waals surface area contributed by atoms with Crippen LogP contribution in [-0.4, -0.2) is 35.9 Å². The van der Waals surface area contributed by atoms with Gasteiger partial charge in [0, 0.05) is 19.2 Å². The normalized spacial score (nSPS) is 16.9. The minimum Gasteiger partial charge on any atom is -0.494 e. The molecule has 0 unspecified atom stereocenters. The van der Waals surface area contributed by atoms with Crippen LogP contribution >= 0.6 is 11.8 Å². The molecule has 0 saturated carbocycles. The lowest BCUT2D eigenvalue weighted by Gasteiger charge is -2.16. The quantitative estimate of drug-likeness (QED) is 0.417. The van der Waals surface area contributed by atoms with E-state index in [2.05, 4.69) is 17.2 Å². The molecule has 0 aromatic heterocycles. The van der Waals surface area contributed by atoms with E-state index < -0.39 is 5.25 Å². The monoisotopic (exact) mass is 425 g/mol. The lowest BCUT2D eigenvalue weighted by atomic mass is 10.1. The van der Waals surface area contributed by atoms with Crippen LogP contribution < -0.4 is 15.0 Å². The van der Waals surface area contributed by atoms with Gasteiger partial charge in [0.1, 0.15) is 11.0 Å². The highest BCUT2D eigenvalue weighted by atomic mass is 32.2. The van der Waals surface area contributed by atoms with Gasteiger partial charge < -0.3 is 10.1 Å². The Balaban J connectivity index is 1.68. The van der Waals surface area contributed by atoms with E-state index in [1.165, 1.54) is 27.8 Å². The molecule has 2 amide bonds. The molecule has 6 nitrogen and oxygen atoms in total. The summed E-state index contributed by atoms with van der Waals surface area (Å²) in [6.45, 7) is 6.78. The summed E-state index contributed by atoms with van der Waals surface area (Å²) in [4.78, 5) is 31.0. The number of carbonyl (C=O) groups excluding carboxylic acids is 2. The van der Waals surface area contributed by atoms with Crippen molar-refractivity contribution in [2.75, 3.05) is 23.9 Å². The molecule has 30 heavy (non-hydrogen) atoms. The van der Waals surface area contributed by atoms with Crippen molar-refractivity contribution in [2.24, 2.45) is 4.99 Å². The lowest BCUT2D eigenvalue weighted by Crippen LogP contribution is -2.31. The van der Waals surface area contributed by atoms with Crippen LogP contribution in [0.5, 0.6) is 5.75 Å². The summed E-state index contributed by atoms with van der Waals surface area (Å²) in [6.07, 6.45) is 1.06. The summed E-state index contributed by atoms with van der Waals surface area (Å²) in [5, 5.41) is 3.35. The van der Waals surface area contributed by atoms with Gasteiger partial charge in [0.15, 0.2) is 5.17 Å². The number of benzene rings is 2. The SMILES string of the molecule is CCCOc1ccc(N2C(=O)C[C@H](SC(=NC)Nc3ccc(C)c(C)c3)C2=O)cc1. The number of nitrogens with one attached hydrogen (secondary N) is 1. The topological polar surface area (TPSA) is 71.0 Å². The van der Waals surface area contributed by atoms with Gasteiger partial charge in [-0.05, 0) is 67.8 Å². The number of rotatable bonds is 6. The maximum atomic E-state index is 12.9. The Bertz CT molecular complexity index is 957. The van der Waals surface area contributed by atoms with Crippen LogP contribution in [0.15, 0.2) is 47.5 Å². The zero-order chi connectivity index (χ0) is 21.7. The number of amidine groups is 1. The molecule has 158 valence electrons. The third kappa shape index (κ3) is 5.02. The van der Waals surface area contributed by atoms with Gasteiger partial charge in [0.05, 0.1) is 12.3 Å². The van der Waals surface area contributed by atoms with Crippen molar-refractivity contribution < 1.29 is 14.3 Å². The number of thioether (sulfide) groups is 1. The number of aryl methyl sites for hydroxylation is 2. The molecule has 0 bridgehead atoms. The van der Waals surface area contributed by atoms with Crippen molar-refractivity contribution in [1.82, 2.24) is 0 Å². The van der Waals surface area contributed by atoms with Gasteiger partial charge in [0.2, 0.25) is 11.8 Å². The fourth-order valence-electron chi connectivity index (χ4n) is 3.09. The van der Waals surface area contributed by atoms with Gasteiger partial charge in [-0.2, -0.15) is 0 Å². The first kappa shape index (κ1) is 21.9. The van der Waals surface area contributed by atoms with E-state index in [0.29, 0.717) is 17.5 Å². The molecule has 1 N–H and O–H groups in total. The molecule has 1 saturated heterocycles. The van der Waals surface area contributed by atoms with E-state index in [1.807, 2.05) is 32.0 Å². The number of anilines is 2. The van der Waals surface area contributed by atoms with Crippen molar-refractivity contribution in [2.45, 2.75) is 38.9 Å². The maximum Gasteiger partial charge on any atom is 0.247 e. The molecule has 2 aromatic rings. The third-order valence-corrected chi connectivity index (χ3v) is 6.05. The molecule has 1 fully saturated rings. The highest BCUT2D eigenvalue weighted by Gasteiger charge is 2.40. The highest BCUT2D eigenvalue weighted by molar-refractivity contribution is 8.15. The Labute approximate surface area is 181 Å². The van der Waals surface area contributed by atoms with E-state index in [0.717, 1.165) is 17.9 Å². The first-order chi connectivity index (χ1) is 14.4. The van der Waals surface area contributed by atoms with Crippen molar-refractivity contribution in [3.05, 3.63) is 53.6 Å². The maximum absolute atomic E-state index is 12.9. The Morgan fingerprint density at radius 1 is 1.17 bits per heavy atom. The predicted molar refractivity (Wildman–Crippen MR) is 124 cm³/mol. The number of nitrogens with zero attached hydrogens (tertiary/aromatic N) is 2. The summed E-state index contributed by atoms with van der Waals surface area (Å²) in [6, 6.07) is 13.1. The van der Waals surface area contributed by atoms with E-state index in [4.69, 9.17) is 4.74 Å². The Morgan fingerprint density at radius 3 is 2.53 bits per heavy atom. The van der Waals surface area contributed by atoms with Crippen molar-refractivity contribution >= 4 is 40.1 Å². The standard InChI is InChI=1S/C23H27N3O3S/c1-5-12-29-19-10-8-18(9-11-19)26-21(27)14-20(22(26)28)30-23(24-4)25-17-7-6-15(2)16(3)13-17/h6-11,13,20H,5,12,14H2,1-4H3,(H,24,25)/t20-/m0/s1. The third-order valence-electron chi connectivity index (χ3n) is 4.89. The Kier molecular flexibility index (Phi) is 7.15. The Morgan fingerprint density at radius 2 is 1.90 bits per heavy atom. The summed E-state index contributed by atoms with van der Waals surface area (Å²) in [5.74, 6) is 0.292. The second kappa shape index (κ2) is 9.80. The van der Waals surface area contributed by atoms with Crippen LogP contribution in [0.1, 0.15) is 30.9 Å². The van der Waals surface area contributed by atoms with Crippen molar-refractivity contribution in [3.8, 4) is 5.75 Å². The van der Waals surface area contributed by atoms with Crippen LogP contribution in [0.2, 0.25) is 0 Å². The smallest absolute Gasteiger partial charge is 0.247 e. The summed E-state index contributed by atoms with van der Waals surface area (Å²) in [5.41, 5.74) is 3.85. The first-order valence-electron chi connectivity index (χ1n) is 10.00. The number of ether oxygens (including phenoxy) is 1. The van der Waals surface area contributed by atoms with E-state index in [9.17, 15) is 9.59 Å². The zero-order valence-electron chi connectivity index (χ0n) is 17.8. The molecule has 7 heteroatoms. The molecular weight excluding hydrogens is 398 g/mol. The zero-order valence-corrected chi connectivity index (χ0v) is 18.6. The average Bonchev–Trinajstić information content (AvgIpc) is 3.02. The van der Waals surface area contributed by atoms with Crippen LogP contribution in [0.4, 0.5) is 11.4 Å². The molecule has 1 atom stereocenters. The largest absolute Gasteiger partial charge is 0.494 e. The van der Waals surface area contributed by atoms with Crippen LogP contribution in [0, 0.1) is 13.8 Å². The minimum atomic E-state index is -0.508. The Hall–Kier alpha value is -2.80. The highest BCUT2D eigenvalue weighted by Crippen LogP contribution is 2.31. The lowest BCUT2D eigenvalue weighted by molar-refractivity contribution is -0.121. The number of imide groups is 1. The molecule has 1 aliphatic heterocycles. The fraction of sp³-hybridized carbons (Fsp3) is 0.348. The van der Waals surface area contributed by atoms with Crippen molar-refractivity contribution in [3.63, 3.8) is 0 Å². The number of hydrogen-bond donors (Lipinski definition) is 1. The first-order valence-corrected chi connectivity index (χ1v) is 10.9. The molecule has 0 radical (unpaired) electrons. The van der Waals surface area contributed by atoms with Gasteiger partial charge in [-0.3, -0.25) is 14.6 Å². The number of amides is 2. The van der Waals surface area contributed by atoms with Crippen LogP contribution in [0.25, 0.3) is 0 Å². The summed E-state index contributed by atoms with van der Waals surface area (Å²) < 4.78 is 5.57. The minimum absolute atomic E-state index is 0.144. The molecule has 2 aromatic carbocycles. The van der Waals surface area contributed by atoms with Crippen molar-refractivity contribution in [1.29, 1.82) is 0 Å². The van der Waals surface area contributed by atoms with Crippen LogP contribution in [0.3, 0.4) is 0 Å².